The first-order valence-electron chi connectivity index (χ1n) is 8.37. The zero-order chi connectivity index (χ0) is 20.3. The molecule has 3 rings (SSSR count). The molecule has 28 heavy (non-hydrogen) atoms. The van der Waals surface area contributed by atoms with Gasteiger partial charge in [0, 0.05) is 5.56 Å². The van der Waals surface area contributed by atoms with Crippen LogP contribution in [-0.4, -0.2) is 35.0 Å². The van der Waals surface area contributed by atoms with Crippen molar-refractivity contribution in [2.24, 2.45) is 0 Å². The van der Waals surface area contributed by atoms with Crippen molar-refractivity contribution < 1.29 is 24.2 Å². The number of carbonyl (C=O) groups excluding carboxylic acids is 1. The van der Waals surface area contributed by atoms with Crippen molar-refractivity contribution in [1.29, 1.82) is 0 Å². The van der Waals surface area contributed by atoms with Gasteiger partial charge in [0.1, 0.15) is 0 Å². The Kier molecular flexibility index (Phi) is 6.01. The third-order valence-electron chi connectivity index (χ3n) is 3.97. The van der Waals surface area contributed by atoms with E-state index in [2.05, 4.69) is 0 Å². The first-order valence-corrected chi connectivity index (χ1v) is 9.59. The van der Waals surface area contributed by atoms with Crippen LogP contribution in [0.4, 0.5) is 5.69 Å². The molecule has 0 radical (unpaired) electrons. The molecule has 144 valence electrons. The third-order valence-corrected chi connectivity index (χ3v) is 5.27. The molecule has 1 heterocycles. The molecule has 8 heteroatoms. The summed E-state index contributed by atoms with van der Waals surface area (Å²) in [6.07, 6.45) is 1.71. The fourth-order valence-electron chi connectivity index (χ4n) is 2.72. The molecule has 1 fully saturated rings. The summed E-state index contributed by atoms with van der Waals surface area (Å²) in [5.74, 6) is -0.168. The highest BCUT2D eigenvalue weighted by Gasteiger charge is 2.33. The van der Waals surface area contributed by atoms with Gasteiger partial charge >= 0.3 is 5.97 Å². The number of amides is 1. The van der Waals surface area contributed by atoms with Gasteiger partial charge in [0.05, 0.1) is 29.9 Å². The number of carboxylic acid groups (broad SMARTS) is 1. The molecule has 1 N–H and O–H groups in total. The Hall–Kier alpha value is -2.84. The summed E-state index contributed by atoms with van der Waals surface area (Å²) in [4.78, 5) is 25.7. The maximum absolute atomic E-state index is 12.9. The number of aromatic carboxylic acids is 1. The average molecular weight is 415 g/mol. The largest absolute Gasteiger partial charge is 0.492 e. The molecule has 0 aliphatic carbocycles. The van der Waals surface area contributed by atoms with E-state index in [0.29, 0.717) is 38.6 Å². The number of hydrogen-bond acceptors (Lipinski definition) is 6. The van der Waals surface area contributed by atoms with Crippen LogP contribution in [0.2, 0.25) is 0 Å². The van der Waals surface area contributed by atoms with Crippen LogP contribution in [0.3, 0.4) is 0 Å². The summed E-state index contributed by atoms with van der Waals surface area (Å²) in [7, 11) is 1.55. The molecular formula is C20H17NO5S2. The Labute approximate surface area is 171 Å². The van der Waals surface area contributed by atoms with Gasteiger partial charge in [-0.1, -0.05) is 36.1 Å². The second-order valence-electron chi connectivity index (χ2n) is 5.68. The highest BCUT2D eigenvalue weighted by Crippen LogP contribution is 2.39. The van der Waals surface area contributed by atoms with E-state index in [9.17, 15) is 9.59 Å². The number of thiocarbonyl (C=S) groups is 1. The number of carboxylic acids is 1. The second-order valence-corrected chi connectivity index (χ2v) is 7.36. The smallest absolute Gasteiger partial charge is 0.335 e. The van der Waals surface area contributed by atoms with Gasteiger partial charge in [-0.2, -0.15) is 0 Å². The molecule has 2 aromatic rings. The Morgan fingerprint density at radius 1 is 1.25 bits per heavy atom. The molecular weight excluding hydrogens is 398 g/mol. The molecule has 6 nitrogen and oxygen atoms in total. The van der Waals surface area contributed by atoms with Crippen molar-refractivity contribution >= 4 is 51.9 Å². The van der Waals surface area contributed by atoms with Gasteiger partial charge in [0.15, 0.2) is 15.8 Å². The molecule has 0 atom stereocenters. The summed E-state index contributed by atoms with van der Waals surface area (Å²) < 4.78 is 11.4. The fraction of sp³-hybridized carbons (Fsp3) is 0.150. The molecule has 0 bridgehead atoms. The van der Waals surface area contributed by atoms with Gasteiger partial charge in [-0.25, -0.2) is 4.79 Å². The van der Waals surface area contributed by atoms with Gasteiger partial charge in [-0.15, -0.1) is 0 Å². The molecule has 0 unspecified atom stereocenters. The van der Waals surface area contributed by atoms with E-state index in [1.165, 1.54) is 28.8 Å². The SMILES string of the molecule is CCOc1cccc(/C=C2\SC(=S)N(c3ccc(C(=O)O)cc3)C2=O)c1OC. The van der Waals surface area contributed by atoms with Crippen LogP contribution in [0, 0.1) is 0 Å². The Morgan fingerprint density at radius 3 is 2.57 bits per heavy atom. The van der Waals surface area contributed by atoms with Crippen LogP contribution in [0.25, 0.3) is 6.08 Å². The standard InChI is InChI=1S/C20H17NO5S2/c1-3-26-15-6-4-5-13(17(15)25-2)11-16-18(22)21(20(27)28-16)14-9-7-12(8-10-14)19(23)24/h4-11H,3H2,1-2H3,(H,23,24)/b16-11-. The number of methoxy groups -OCH3 is 1. The van der Waals surface area contributed by atoms with Gasteiger partial charge in [0.25, 0.3) is 5.91 Å². The number of anilines is 1. The molecule has 1 aliphatic heterocycles. The van der Waals surface area contributed by atoms with Crippen molar-refractivity contribution in [3.8, 4) is 11.5 Å². The second kappa shape index (κ2) is 8.45. The lowest BCUT2D eigenvalue weighted by Crippen LogP contribution is -2.27. The molecule has 2 aromatic carbocycles. The van der Waals surface area contributed by atoms with Crippen molar-refractivity contribution in [2.75, 3.05) is 18.6 Å². The minimum atomic E-state index is -1.03. The lowest BCUT2D eigenvalue weighted by Gasteiger charge is -2.14. The average Bonchev–Trinajstić information content (AvgIpc) is 2.95. The molecule has 1 saturated heterocycles. The maximum atomic E-state index is 12.9. The number of para-hydroxylation sites is 1. The highest BCUT2D eigenvalue weighted by atomic mass is 32.2. The van der Waals surface area contributed by atoms with E-state index in [4.69, 9.17) is 26.8 Å². The fourth-order valence-corrected chi connectivity index (χ4v) is 4.01. The first kappa shape index (κ1) is 19.9. The van der Waals surface area contributed by atoms with Crippen LogP contribution >= 0.6 is 24.0 Å². The number of thioether (sulfide) groups is 1. The molecule has 0 spiro atoms. The van der Waals surface area contributed by atoms with Crippen molar-refractivity contribution in [1.82, 2.24) is 0 Å². The van der Waals surface area contributed by atoms with Gasteiger partial charge in [-0.05, 0) is 43.3 Å². The van der Waals surface area contributed by atoms with Crippen molar-refractivity contribution in [2.45, 2.75) is 6.92 Å². The monoisotopic (exact) mass is 415 g/mol. The van der Waals surface area contributed by atoms with E-state index in [-0.39, 0.29) is 11.5 Å². The quantitative estimate of drug-likeness (QED) is 0.560. The number of benzene rings is 2. The van der Waals surface area contributed by atoms with Gasteiger partial charge < -0.3 is 14.6 Å². The van der Waals surface area contributed by atoms with Crippen LogP contribution in [-0.2, 0) is 4.79 Å². The first-order chi connectivity index (χ1) is 13.5. The third kappa shape index (κ3) is 3.88. The molecule has 1 aliphatic rings. The molecule has 0 aromatic heterocycles. The summed E-state index contributed by atoms with van der Waals surface area (Å²) in [6.45, 7) is 2.38. The highest BCUT2D eigenvalue weighted by molar-refractivity contribution is 8.27. The summed E-state index contributed by atoms with van der Waals surface area (Å²) in [5.41, 5.74) is 1.36. The van der Waals surface area contributed by atoms with Gasteiger partial charge in [-0.3, -0.25) is 9.69 Å². The Balaban J connectivity index is 1.93. The van der Waals surface area contributed by atoms with E-state index in [1.54, 1.807) is 31.4 Å². The number of nitrogens with zero attached hydrogens (tertiary/aromatic N) is 1. The number of rotatable bonds is 6. The normalized spacial score (nSPS) is 15.2. The van der Waals surface area contributed by atoms with E-state index < -0.39 is 5.97 Å². The summed E-state index contributed by atoms with van der Waals surface area (Å²) in [5, 5.41) is 9.02. The predicted molar refractivity (Wildman–Crippen MR) is 113 cm³/mol. The van der Waals surface area contributed by atoms with Crippen molar-refractivity contribution in [3.05, 3.63) is 58.5 Å². The van der Waals surface area contributed by atoms with Crippen LogP contribution in [0.15, 0.2) is 47.4 Å². The Bertz CT molecular complexity index is 969. The van der Waals surface area contributed by atoms with Crippen LogP contribution < -0.4 is 14.4 Å². The summed E-state index contributed by atoms with van der Waals surface area (Å²) in [6, 6.07) is 11.5. The minimum Gasteiger partial charge on any atom is -0.492 e. The van der Waals surface area contributed by atoms with Crippen LogP contribution in [0.5, 0.6) is 11.5 Å². The Morgan fingerprint density at radius 2 is 1.96 bits per heavy atom. The zero-order valence-electron chi connectivity index (χ0n) is 15.2. The summed E-state index contributed by atoms with van der Waals surface area (Å²) >= 11 is 6.54. The maximum Gasteiger partial charge on any atom is 0.335 e. The molecule has 0 saturated carbocycles. The topological polar surface area (TPSA) is 76.1 Å². The van der Waals surface area contributed by atoms with Crippen LogP contribution in [0.1, 0.15) is 22.8 Å². The lowest BCUT2D eigenvalue weighted by molar-refractivity contribution is -0.113. The number of hydrogen-bond donors (Lipinski definition) is 1. The minimum absolute atomic E-state index is 0.141. The lowest BCUT2D eigenvalue weighted by atomic mass is 10.1. The van der Waals surface area contributed by atoms with E-state index >= 15 is 0 Å². The number of carbonyl (C=O) groups is 2. The molecule has 1 amide bonds. The zero-order valence-corrected chi connectivity index (χ0v) is 16.8. The van der Waals surface area contributed by atoms with E-state index in [1.807, 2.05) is 19.1 Å². The van der Waals surface area contributed by atoms with E-state index in [0.717, 1.165) is 0 Å². The van der Waals surface area contributed by atoms with Crippen molar-refractivity contribution in [3.63, 3.8) is 0 Å². The predicted octanol–water partition coefficient (Wildman–Crippen LogP) is 4.20. The number of ether oxygens (including phenoxy) is 2. The van der Waals surface area contributed by atoms with Gasteiger partial charge in [0.2, 0.25) is 0 Å².